The van der Waals surface area contributed by atoms with Gasteiger partial charge in [-0.2, -0.15) is 0 Å². The standard InChI is InChI=1S/C26H26N4O2S/c1-18(24(31)20-12-7-4-8-13-20)30(2)25(32)22-17-28-26(27-16-21-14-9-15-33-21)29-23(22)19-10-5-3-6-11-19/h3-15,17-18,24,31H,16H2,1-2H3,(H,27,28,29). The van der Waals surface area contributed by atoms with Crippen LogP contribution in [0.25, 0.3) is 11.3 Å². The van der Waals surface area contributed by atoms with E-state index in [9.17, 15) is 9.90 Å². The molecule has 7 heteroatoms. The zero-order valence-corrected chi connectivity index (χ0v) is 19.4. The average Bonchev–Trinajstić information content (AvgIpc) is 3.40. The monoisotopic (exact) mass is 458 g/mol. The van der Waals surface area contributed by atoms with Crippen molar-refractivity contribution in [1.29, 1.82) is 0 Å². The van der Waals surface area contributed by atoms with Gasteiger partial charge in [0.1, 0.15) is 0 Å². The third-order valence-corrected chi connectivity index (χ3v) is 6.47. The van der Waals surface area contributed by atoms with E-state index in [1.165, 1.54) is 4.88 Å². The molecule has 0 saturated carbocycles. The lowest BCUT2D eigenvalue weighted by Crippen LogP contribution is -2.39. The summed E-state index contributed by atoms with van der Waals surface area (Å²) in [6, 6.07) is 22.5. The molecule has 2 atom stereocenters. The van der Waals surface area contributed by atoms with Crippen LogP contribution < -0.4 is 5.32 Å². The Hall–Kier alpha value is -3.55. The number of amides is 1. The van der Waals surface area contributed by atoms with Gasteiger partial charge in [-0.3, -0.25) is 4.79 Å². The van der Waals surface area contributed by atoms with E-state index in [1.54, 1.807) is 29.5 Å². The molecule has 0 spiro atoms. The van der Waals surface area contributed by atoms with Crippen molar-refractivity contribution in [2.45, 2.75) is 25.6 Å². The number of rotatable bonds is 8. The molecule has 2 aromatic carbocycles. The molecule has 0 bridgehead atoms. The number of carbonyl (C=O) groups is 1. The molecule has 4 rings (SSSR count). The maximum atomic E-state index is 13.5. The molecule has 2 N–H and O–H groups in total. The average molecular weight is 459 g/mol. The molecule has 0 radical (unpaired) electrons. The van der Waals surface area contributed by atoms with Crippen molar-refractivity contribution in [1.82, 2.24) is 14.9 Å². The fourth-order valence-corrected chi connectivity index (χ4v) is 4.18. The Kier molecular flexibility index (Phi) is 7.12. The Morgan fingerprint density at radius 1 is 1.06 bits per heavy atom. The number of hydrogen-bond acceptors (Lipinski definition) is 6. The molecule has 2 heterocycles. The molecule has 6 nitrogen and oxygen atoms in total. The number of thiophene rings is 1. The van der Waals surface area contributed by atoms with Crippen molar-refractivity contribution < 1.29 is 9.90 Å². The zero-order valence-electron chi connectivity index (χ0n) is 18.6. The van der Waals surface area contributed by atoms with E-state index in [4.69, 9.17) is 0 Å². The minimum absolute atomic E-state index is 0.249. The molecule has 0 aliphatic rings. The van der Waals surface area contributed by atoms with Gasteiger partial charge in [-0.1, -0.05) is 66.7 Å². The second-order valence-corrected chi connectivity index (χ2v) is 8.80. The summed E-state index contributed by atoms with van der Waals surface area (Å²) in [5.74, 6) is 0.208. The number of benzene rings is 2. The normalized spacial score (nSPS) is 12.7. The highest BCUT2D eigenvalue weighted by molar-refractivity contribution is 7.09. The first-order chi connectivity index (χ1) is 16.0. The van der Waals surface area contributed by atoms with Crippen molar-refractivity contribution in [2.24, 2.45) is 0 Å². The summed E-state index contributed by atoms with van der Waals surface area (Å²) in [4.78, 5) is 25.3. The van der Waals surface area contributed by atoms with Crippen molar-refractivity contribution in [3.63, 3.8) is 0 Å². The highest BCUT2D eigenvalue weighted by atomic mass is 32.1. The maximum Gasteiger partial charge on any atom is 0.257 e. The highest BCUT2D eigenvalue weighted by Crippen LogP contribution is 2.26. The number of nitrogens with zero attached hydrogens (tertiary/aromatic N) is 3. The predicted octanol–water partition coefficient (Wildman–Crippen LogP) is 5.01. The molecule has 2 unspecified atom stereocenters. The molecule has 168 valence electrons. The molecular weight excluding hydrogens is 432 g/mol. The van der Waals surface area contributed by atoms with Crippen LogP contribution in [-0.2, 0) is 6.54 Å². The van der Waals surface area contributed by atoms with Gasteiger partial charge in [0.2, 0.25) is 5.95 Å². The summed E-state index contributed by atoms with van der Waals surface area (Å²) in [5, 5.41) is 16.1. The number of aromatic nitrogens is 2. The van der Waals surface area contributed by atoms with Crippen molar-refractivity contribution in [3.05, 3.63) is 100 Å². The van der Waals surface area contributed by atoms with Crippen LogP contribution >= 0.6 is 11.3 Å². The molecule has 33 heavy (non-hydrogen) atoms. The van der Waals surface area contributed by atoms with Gasteiger partial charge in [0.15, 0.2) is 0 Å². The van der Waals surface area contributed by atoms with E-state index < -0.39 is 12.1 Å². The molecule has 4 aromatic rings. The molecule has 0 fully saturated rings. The minimum atomic E-state index is -0.812. The van der Waals surface area contributed by atoms with Gasteiger partial charge < -0.3 is 15.3 Å². The van der Waals surface area contributed by atoms with E-state index in [2.05, 4.69) is 15.3 Å². The lowest BCUT2D eigenvalue weighted by molar-refractivity contribution is 0.0487. The van der Waals surface area contributed by atoms with Crippen LogP contribution in [0.1, 0.15) is 33.8 Å². The van der Waals surface area contributed by atoms with Gasteiger partial charge in [-0.25, -0.2) is 9.97 Å². The number of likely N-dealkylation sites (N-methyl/N-ethyl adjacent to an activating group) is 1. The van der Waals surface area contributed by atoms with Gasteiger partial charge in [-0.15, -0.1) is 11.3 Å². The van der Waals surface area contributed by atoms with E-state index in [-0.39, 0.29) is 5.91 Å². The maximum absolute atomic E-state index is 13.5. The quantitative estimate of drug-likeness (QED) is 0.388. The van der Waals surface area contributed by atoms with Crippen LogP contribution in [0.5, 0.6) is 0 Å². The van der Waals surface area contributed by atoms with Crippen LogP contribution in [0.2, 0.25) is 0 Å². The van der Waals surface area contributed by atoms with Crippen LogP contribution in [0, 0.1) is 0 Å². The summed E-state index contributed by atoms with van der Waals surface area (Å²) >= 11 is 1.66. The SMILES string of the molecule is CC(C(O)c1ccccc1)N(C)C(=O)c1cnc(NCc2cccs2)nc1-c1ccccc1. The number of nitrogens with one attached hydrogen (secondary N) is 1. The molecule has 2 aromatic heterocycles. The summed E-state index contributed by atoms with van der Waals surface area (Å²) in [6.45, 7) is 2.44. The topological polar surface area (TPSA) is 78.3 Å². The van der Waals surface area contributed by atoms with Gasteiger partial charge in [0.05, 0.1) is 29.9 Å². The largest absolute Gasteiger partial charge is 0.386 e. The van der Waals surface area contributed by atoms with E-state index in [1.807, 2.05) is 85.1 Å². The van der Waals surface area contributed by atoms with Crippen LogP contribution in [-0.4, -0.2) is 39.0 Å². The molecule has 0 saturated heterocycles. The summed E-state index contributed by atoms with van der Waals surface area (Å²) in [7, 11) is 1.69. The first-order valence-electron chi connectivity index (χ1n) is 10.7. The third-order valence-electron chi connectivity index (χ3n) is 5.60. The predicted molar refractivity (Wildman–Crippen MR) is 132 cm³/mol. The lowest BCUT2D eigenvalue weighted by atomic mass is 10.0. The Bertz CT molecular complexity index is 1180. The summed E-state index contributed by atoms with van der Waals surface area (Å²) in [5.41, 5.74) is 2.53. The Balaban J connectivity index is 1.61. The fourth-order valence-electron chi connectivity index (χ4n) is 3.53. The van der Waals surface area contributed by atoms with Crippen LogP contribution in [0.4, 0.5) is 5.95 Å². The number of hydrogen-bond donors (Lipinski definition) is 2. The van der Waals surface area contributed by atoms with Gasteiger partial charge in [-0.05, 0) is 23.9 Å². The van der Waals surface area contributed by atoms with Gasteiger partial charge in [0, 0.05) is 23.7 Å². The van der Waals surface area contributed by atoms with E-state index >= 15 is 0 Å². The lowest BCUT2D eigenvalue weighted by Gasteiger charge is -2.29. The van der Waals surface area contributed by atoms with Crippen LogP contribution in [0.3, 0.4) is 0 Å². The second-order valence-electron chi connectivity index (χ2n) is 7.77. The molecule has 0 aliphatic heterocycles. The van der Waals surface area contributed by atoms with Gasteiger partial charge in [0.25, 0.3) is 5.91 Å². The Morgan fingerprint density at radius 3 is 2.42 bits per heavy atom. The third kappa shape index (κ3) is 5.27. The number of carbonyl (C=O) groups excluding carboxylic acids is 1. The zero-order chi connectivity index (χ0) is 23.2. The van der Waals surface area contributed by atoms with Gasteiger partial charge >= 0.3 is 0 Å². The Morgan fingerprint density at radius 2 is 1.76 bits per heavy atom. The molecule has 0 aliphatic carbocycles. The van der Waals surface area contributed by atoms with E-state index in [0.717, 1.165) is 11.1 Å². The van der Waals surface area contributed by atoms with Crippen molar-refractivity contribution >= 4 is 23.2 Å². The number of aliphatic hydroxyl groups excluding tert-OH is 1. The Labute approximate surface area is 197 Å². The number of aliphatic hydroxyl groups is 1. The van der Waals surface area contributed by atoms with Crippen molar-refractivity contribution in [2.75, 3.05) is 12.4 Å². The summed E-state index contributed by atoms with van der Waals surface area (Å²) < 4.78 is 0. The first kappa shape index (κ1) is 22.6. The van der Waals surface area contributed by atoms with E-state index in [0.29, 0.717) is 23.8 Å². The highest BCUT2D eigenvalue weighted by Gasteiger charge is 2.27. The second kappa shape index (κ2) is 10.4. The first-order valence-corrected chi connectivity index (χ1v) is 11.6. The van der Waals surface area contributed by atoms with Crippen LogP contribution in [0.15, 0.2) is 84.4 Å². The molecule has 1 amide bonds. The molecular formula is C26H26N4O2S. The minimum Gasteiger partial charge on any atom is -0.386 e. The van der Waals surface area contributed by atoms with Crippen molar-refractivity contribution in [3.8, 4) is 11.3 Å². The smallest absolute Gasteiger partial charge is 0.257 e. The fraction of sp³-hybridized carbons (Fsp3) is 0.192. The number of anilines is 1. The summed E-state index contributed by atoms with van der Waals surface area (Å²) in [6.07, 6.45) is 0.750.